The minimum Gasteiger partial charge on any atom is -0.364 e. The van der Waals surface area contributed by atoms with Crippen molar-refractivity contribution in [2.24, 2.45) is 5.73 Å². The van der Waals surface area contributed by atoms with Gasteiger partial charge in [0.25, 0.3) is 0 Å². The van der Waals surface area contributed by atoms with Gasteiger partial charge >= 0.3 is 0 Å². The van der Waals surface area contributed by atoms with Crippen molar-refractivity contribution in [3.8, 4) is 0 Å². The molecular formula is C13H16F5N3. The third-order valence-corrected chi connectivity index (χ3v) is 3.55. The molecule has 0 radical (unpaired) electrons. The zero-order valence-corrected chi connectivity index (χ0v) is 11.3. The summed E-state index contributed by atoms with van der Waals surface area (Å²) in [6.45, 7) is 2.66. The summed E-state index contributed by atoms with van der Waals surface area (Å²) in [7, 11) is 0. The van der Waals surface area contributed by atoms with Crippen LogP contribution in [0.5, 0.6) is 0 Å². The van der Waals surface area contributed by atoms with E-state index in [2.05, 4.69) is 0 Å². The van der Waals surface area contributed by atoms with Crippen molar-refractivity contribution in [1.82, 2.24) is 4.90 Å². The summed E-state index contributed by atoms with van der Waals surface area (Å²) in [5.41, 5.74) is 4.55. The largest absolute Gasteiger partial charge is 0.364 e. The molecule has 0 aliphatic carbocycles. The molecule has 1 aromatic carbocycles. The van der Waals surface area contributed by atoms with Gasteiger partial charge in [-0.05, 0) is 19.5 Å². The van der Waals surface area contributed by atoms with Gasteiger partial charge in [-0.2, -0.15) is 0 Å². The predicted molar refractivity (Wildman–Crippen MR) is 68.6 cm³/mol. The molecule has 118 valence electrons. The molecule has 3 nitrogen and oxygen atoms in total. The van der Waals surface area contributed by atoms with Gasteiger partial charge in [0.2, 0.25) is 5.82 Å². The molecule has 0 bridgehead atoms. The van der Waals surface area contributed by atoms with Gasteiger partial charge in [-0.1, -0.05) is 0 Å². The number of halogens is 5. The molecular weight excluding hydrogens is 293 g/mol. The maximum atomic E-state index is 13.7. The lowest BCUT2D eigenvalue weighted by Crippen LogP contribution is -2.47. The summed E-state index contributed by atoms with van der Waals surface area (Å²) >= 11 is 0. The van der Waals surface area contributed by atoms with Crippen molar-refractivity contribution in [2.75, 3.05) is 44.2 Å². The van der Waals surface area contributed by atoms with E-state index in [1.807, 2.05) is 4.90 Å². The molecule has 0 unspecified atom stereocenters. The van der Waals surface area contributed by atoms with E-state index in [9.17, 15) is 22.0 Å². The van der Waals surface area contributed by atoms with Gasteiger partial charge in [0.15, 0.2) is 23.3 Å². The Kier molecular flexibility index (Phi) is 5.00. The smallest absolute Gasteiger partial charge is 0.200 e. The maximum Gasteiger partial charge on any atom is 0.200 e. The van der Waals surface area contributed by atoms with Crippen LogP contribution in [0.4, 0.5) is 27.6 Å². The Labute approximate surface area is 119 Å². The summed E-state index contributed by atoms with van der Waals surface area (Å²) < 4.78 is 66.8. The molecule has 1 aromatic rings. The average Bonchev–Trinajstić information content (AvgIpc) is 2.50. The Morgan fingerprint density at radius 3 is 1.71 bits per heavy atom. The fourth-order valence-corrected chi connectivity index (χ4v) is 2.38. The van der Waals surface area contributed by atoms with Gasteiger partial charge < -0.3 is 10.6 Å². The van der Waals surface area contributed by atoms with Crippen molar-refractivity contribution < 1.29 is 22.0 Å². The number of rotatable bonds is 4. The fraction of sp³-hybridized carbons (Fsp3) is 0.538. The molecule has 1 heterocycles. The number of anilines is 1. The second kappa shape index (κ2) is 6.57. The first-order valence-corrected chi connectivity index (χ1v) is 6.66. The van der Waals surface area contributed by atoms with Gasteiger partial charge in [0, 0.05) is 26.2 Å². The molecule has 1 saturated heterocycles. The van der Waals surface area contributed by atoms with Gasteiger partial charge in [0.1, 0.15) is 5.69 Å². The van der Waals surface area contributed by atoms with Crippen LogP contribution in [0.1, 0.15) is 6.42 Å². The molecule has 8 heteroatoms. The highest BCUT2D eigenvalue weighted by atomic mass is 19.2. The molecule has 2 rings (SSSR count). The molecule has 0 aromatic heterocycles. The van der Waals surface area contributed by atoms with Crippen LogP contribution in [-0.2, 0) is 0 Å². The zero-order chi connectivity index (χ0) is 15.6. The van der Waals surface area contributed by atoms with Gasteiger partial charge in [-0.25, -0.2) is 22.0 Å². The molecule has 0 atom stereocenters. The molecule has 0 spiro atoms. The van der Waals surface area contributed by atoms with Crippen molar-refractivity contribution in [1.29, 1.82) is 0 Å². The van der Waals surface area contributed by atoms with Gasteiger partial charge in [-0.15, -0.1) is 0 Å². The third-order valence-electron chi connectivity index (χ3n) is 3.55. The van der Waals surface area contributed by atoms with Crippen molar-refractivity contribution >= 4 is 5.69 Å². The number of nitrogens with zero attached hydrogens (tertiary/aromatic N) is 2. The lowest BCUT2D eigenvalue weighted by atomic mass is 10.2. The first-order valence-electron chi connectivity index (χ1n) is 6.66. The fourth-order valence-electron chi connectivity index (χ4n) is 2.38. The highest BCUT2D eigenvalue weighted by Gasteiger charge is 2.30. The minimum absolute atomic E-state index is 0.197. The third kappa shape index (κ3) is 3.11. The Morgan fingerprint density at radius 1 is 0.762 bits per heavy atom. The molecule has 0 amide bonds. The Bertz CT molecular complexity index is 486. The van der Waals surface area contributed by atoms with Crippen molar-refractivity contribution in [2.45, 2.75) is 6.42 Å². The number of hydrogen-bond acceptors (Lipinski definition) is 3. The summed E-state index contributed by atoms with van der Waals surface area (Å²) in [5.74, 6) is -9.50. The molecule has 2 N–H and O–H groups in total. The van der Waals surface area contributed by atoms with Crippen molar-refractivity contribution in [3.63, 3.8) is 0 Å². The van der Waals surface area contributed by atoms with Crippen LogP contribution in [0, 0.1) is 29.1 Å². The van der Waals surface area contributed by atoms with Crippen LogP contribution >= 0.6 is 0 Å². The quantitative estimate of drug-likeness (QED) is 0.523. The number of piperazine rings is 1. The summed E-state index contributed by atoms with van der Waals surface area (Å²) in [6.07, 6.45) is 0.794. The lowest BCUT2D eigenvalue weighted by molar-refractivity contribution is 0.254. The Hall–Kier alpha value is -1.41. The number of nitrogens with two attached hydrogens (primary N) is 1. The SMILES string of the molecule is NCCCN1CCN(c2c(F)c(F)c(F)c(F)c2F)CC1. The van der Waals surface area contributed by atoms with Crippen LogP contribution in [0.15, 0.2) is 0 Å². The first kappa shape index (κ1) is 16.0. The van der Waals surface area contributed by atoms with E-state index in [-0.39, 0.29) is 13.1 Å². The monoisotopic (exact) mass is 309 g/mol. The summed E-state index contributed by atoms with van der Waals surface area (Å²) in [4.78, 5) is 3.23. The van der Waals surface area contributed by atoms with Crippen LogP contribution in [0.3, 0.4) is 0 Å². The molecule has 21 heavy (non-hydrogen) atoms. The van der Waals surface area contributed by atoms with Crippen molar-refractivity contribution in [3.05, 3.63) is 29.1 Å². The van der Waals surface area contributed by atoms with E-state index >= 15 is 0 Å². The van der Waals surface area contributed by atoms with Gasteiger partial charge in [-0.3, -0.25) is 4.90 Å². The molecule has 1 aliphatic rings. The van der Waals surface area contributed by atoms with Crippen LogP contribution in [0.2, 0.25) is 0 Å². The minimum atomic E-state index is -2.13. The Morgan fingerprint density at radius 2 is 1.24 bits per heavy atom. The topological polar surface area (TPSA) is 32.5 Å². The summed E-state index contributed by atoms with van der Waals surface area (Å²) in [5, 5.41) is 0. The number of hydrogen-bond donors (Lipinski definition) is 1. The molecule has 1 fully saturated rings. The standard InChI is InChI=1S/C13H16F5N3/c14-8-9(15)11(17)13(12(18)10(8)16)21-6-4-20(5-7-21)3-1-2-19/h1-7,19H2. The Balaban J connectivity index is 2.17. The highest BCUT2D eigenvalue weighted by Crippen LogP contribution is 2.30. The van der Waals surface area contributed by atoms with E-state index in [1.165, 1.54) is 4.90 Å². The first-order chi connectivity index (χ1) is 9.97. The van der Waals surface area contributed by atoms with E-state index in [0.29, 0.717) is 19.6 Å². The van der Waals surface area contributed by atoms with Gasteiger partial charge in [0.05, 0.1) is 0 Å². The zero-order valence-electron chi connectivity index (χ0n) is 11.3. The number of benzene rings is 1. The van der Waals surface area contributed by atoms with E-state index in [0.717, 1.165) is 13.0 Å². The summed E-state index contributed by atoms with van der Waals surface area (Å²) in [6, 6.07) is 0. The lowest BCUT2D eigenvalue weighted by Gasteiger charge is -2.36. The van der Waals surface area contributed by atoms with E-state index in [4.69, 9.17) is 5.73 Å². The van der Waals surface area contributed by atoms with E-state index < -0.39 is 34.8 Å². The average molecular weight is 309 g/mol. The second-order valence-corrected chi connectivity index (χ2v) is 4.89. The normalized spacial score (nSPS) is 16.6. The van der Waals surface area contributed by atoms with E-state index in [1.54, 1.807) is 0 Å². The highest BCUT2D eigenvalue weighted by molar-refractivity contribution is 5.51. The molecule has 1 aliphatic heterocycles. The molecule has 0 saturated carbocycles. The second-order valence-electron chi connectivity index (χ2n) is 4.89. The van der Waals surface area contributed by atoms with Crippen LogP contribution in [0.25, 0.3) is 0 Å². The maximum absolute atomic E-state index is 13.7. The predicted octanol–water partition coefficient (Wildman–Crippen LogP) is 1.85. The van der Waals surface area contributed by atoms with Crippen LogP contribution in [-0.4, -0.2) is 44.2 Å². The van der Waals surface area contributed by atoms with Crippen LogP contribution < -0.4 is 10.6 Å².